The summed E-state index contributed by atoms with van der Waals surface area (Å²) in [7, 11) is 0. The standard InChI is InChI=1S/C20H25N7O/c1-3-5-15-11-18(27-9-8-17(19(27)22)23-13(2)28)26-20(24-15)25-16-7-4-6-14(10-16)12-21/h4,6-7,10-11,17,19H,3,5,8-9,22H2,1-2H3,(H,23,28)(H,24,25,26)/t17-,19-/m0/s1. The molecule has 146 valence electrons. The second kappa shape index (κ2) is 8.67. The molecule has 1 aromatic heterocycles. The van der Waals surface area contributed by atoms with E-state index in [0.717, 1.165) is 36.5 Å². The average molecular weight is 379 g/mol. The summed E-state index contributed by atoms with van der Waals surface area (Å²) in [5.41, 5.74) is 8.60. The molecule has 1 aliphatic heterocycles. The van der Waals surface area contributed by atoms with Gasteiger partial charge in [-0.15, -0.1) is 0 Å². The molecule has 4 N–H and O–H groups in total. The SMILES string of the molecule is CCCc1cc(N2CC[C@H](NC(C)=O)[C@H]2N)nc(Nc2cccc(C#N)c2)n1. The quantitative estimate of drug-likeness (QED) is 0.702. The van der Waals surface area contributed by atoms with Gasteiger partial charge in [-0.2, -0.15) is 10.2 Å². The van der Waals surface area contributed by atoms with Gasteiger partial charge in [0, 0.05) is 30.9 Å². The predicted molar refractivity (Wildman–Crippen MR) is 108 cm³/mol. The molecular formula is C20H25N7O. The van der Waals surface area contributed by atoms with Gasteiger partial charge >= 0.3 is 0 Å². The molecule has 28 heavy (non-hydrogen) atoms. The van der Waals surface area contributed by atoms with Crippen LogP contribution in [0.1, 0.15) is 37.9 Å². The monoisotopic (exact) mass is 379 g/mol. The molecule has 0 bridgehead atoms. The van der Waals surface area contributed by atoms with E-state index in [1.54, 1.807) is 12.1 Å². The van der Waals surface area contributed by atoms with Gasteiger partial charge in [-0.1, -0.05) is 19.4 Å². The second-order valence-electron chi connectivity index (χ2n) is 6.89. The van der Waals surface area contributed by atoms with E-state index in [4.69, 9.17) is 11.0 Å². The van der Waals surface area contributed by atoms with Crippen LogP contribution in [0, 0.1) is 11.3 Å². The minimum absolute atomic E-state index is 0.0867. The molecule has 0 spiro atoms. The number of anilines is 3. The summed E-state index contributed by atoms with van der Waals surface area (Å²) in [4.78, 5) is 22.6. The number of aromatic nitrogens is 2. The third-order valence-corrected chi connectivity index (χ3v) is 4.66. The Hall–Kier alpha value is -3.18. The van der Waals surface area contributed by atoms with Gasteiger partial charge in [0.05, 0.1) is 23.8 Å². The summed E-state index contributed by atoms with van der Waals surface area (Å²) in [5.74, 6) is 1.11. The number of nitrogens with one attached hydrogen (secondary N) is 2. The first kappa shape index (κ1) is 19.6. The van der Waals surface area contributed by atoms with Crippen molar-refractivity contribution in [1.82, 2.24) is 15.3 Å². The Morgan fingerprint density at radius 2 is 2.21 bits per heavy atom. The number of carbonyl (C=O) groups excluding carboxylic acids is 1. The molecule has 2 aromatic rings. The molecule has 1 aliphatic rings. The molecule has 2 heterocycles. The Morgan fingerprint density at radius 3 is 2.93 bits per heavy atom. The van der Waals surface area contributed by atoms with Gasteiger partial charge in [-0.3, -0.25) is 4.79 Å². The molecular weight excluding hydrogens is 354 g/mol. The highest BCUT2D eigenvalue weighted by Gasteiger charge is 2.33. The Labute approximate surface area is 164 Å². The fourth-order valence-corrected chi connectivity index (χ4v) is 3.37. The van der Waals surface area contributed by atoms with Gasteiger partial charge in [0.25, 0.3) is 0 Å². The summed E-state index contributed by atoms with van der Waals surface area (Å²) in [6.45, 7) is 4.30. The van der Waals surface area contributed by atoms with Crippen LogP contribution in [0.15, 0.2) is 30.3 Å². The molecule has 0 saturated carbocycles. The largest absolute Gasteiger partial charge is 0.350 e. The van der Waals surface area contributed by atoms with Crippen LogP contribution in [0.4, 0.5) is 17.5 Å². The lowest BCUT2D eigenvalue weighted by Gasteiger charge is -2.26. The van der Waals surface area contributed by atoms with E-state index in [2.05, 4.69) is 33.6 Å². The second-order valence-corrected chi connectivity index (χ2v) is 6.89. The summed E-state index contributed by atoms with van der Waals surface area (Å²) >= 11 is 0. The molecule has 0 aliphatic carbocycles. The smallest absolute Gasteiger partial charge is 0.229 e. The van der Waals surface area contributed by atoms with E-state index < -0.39 is 0 Å². The summed E-state index contributed by atoms with van der Waals surface area (Å²) in [5, 5.41) is 15.2. The molecule has 1 amide bonds. The average Bonchev–Trinajstić information content (AvgIpc) is 3.02. The van der Waals surface area contributed by atoms with Crippen LogP contribution in [0.25, 0.3) is 0 Å². The third-order valence-electron chi connectivity index (χ3n) is 4.66. The highest BCUT2D eigenvalue weighted by Crippen LogP contribution is 2.25. The lowest BCUT2D eigenvalue weighted by atomic mass is 10.2. The molecule has 8 heteroatoms. The van der Waals surface area contributed by atoms with Crippen LogP contribution >= 0.6 is 0 Å². The van der Waals surface area contributed by atoms with Gasteiger partial charge in [0.1, 0.15) is 5.82 Å². The maximum absolute atomic E-state index is 11.4. The lowest BCUT2D eigenvalue weighted by Crippen LogP contribution is -2.50. The zero-order valence-electron chi connectivity index (χ0n) is 16.1. The minimum Gasteiger partial charge on any atom is -0.350 e. The summed E-state index contributed by atoms with van der Waals surface area (Å²) in [6, 6.07) is 11.2. The van der Waals surface area contributed by atoms with Crippen molar-refractivity contribution in [2.75, 3.05) is 16.8 Å². The van der Waals surface area contributed by atoms with Gasteiger partial charge in [0.15, 0.2) is 0 Å². The van der Waals surface area contributed by atoms with Crippen molar-refractivity contribution in [3.63, 3.8) is 0 Å². The number of nitriles is 1. The van der Waals surface area contributed by atoms with Crippen molar-refractivity contribution < 1.29 is 4.79 Å². The van der Waals surface area contributed by atoms with E-state index in [0.29, 0.717) is 18.1 Å². The fourth-order valence-electron chi connectivity index (χ4n) is 3.37. The van der Waals surface area contributed by atoms with Crippen LogP contribution in [0.3, 0.4) is 0 Å². The number of hydrogen-bond donors (Lipinski definition) is 3. The van der Waals surface area contributed by atoms with Crippen LogP contribution in [0.2, 0.25) is 0 Å². The zero-order chi connectivity index (χ0) is 20.1. The van der Waals surface area contributed by atoms with E-state index in [-0.39, 0.29) is 18.1 Å². The topological polar surface area (TPSA) is 120 Å². The molecule has 8 nitrogen and oxygen atoms in total. The molecule has 0 unspecified atom stereocenters. The summed E-state index contributed by atoms with van der Waals surface area (Å²) < 4.78 is 0. The maximum Gasteiger partial charge on any atom is 0.229 e. The Kier molecular flexibility index (Phi) is 6.06. The van der Waals surface area contributed by atoms with Crippen LogP contribution < -0.4 is 21.3 Å². The highest BCUT2D eigenvalue weighted by atomic mass is 16.1. The van der Waals surface area contributed by atoms with Crippen molar-refractivity contribution in [2.24, 2.45) is 5.73 Å². The summed E-state index contributed by atoms with van der Waals surface area (Å²) in [6.07, 6.45) is 2.20. The van der Waals surface area contributed by atoms with E-state index >= 15 is 0 Å². The predicted octanol–water partition coefficient (Wildman–Crippen LogP) is 2.04. The van der Waals surface area contributed by atoms with Crippen molar-refractivity contribution in [3.8, 4) is 6.07 Å². The number of benzene rings is 1. The normalized spacial score (nSPS) is 18.6. The number of amides is 1. The fraction of sp³-hybridized carbons (Fsp3) is 0.400. The van der Waals surface area contributed by atoms with Crippen LogP contribution in [-0.4, -0.2) is 34.6 Å². The van der Waals surface area contributed by atoms with Crippen molar-refractivity contribution in [3.05, 3.63) is 41.6 Å². The third kappa shape index (κ3) is 4.56. The molecule has 2 atom stereocenters. The Morgan fingerprint density at radius 1 is 1.39 bits per heavy atom. The van der Waals surface area contributed by atoms with E-state index in [1.807, 2.05) is 23.1 Å². The molecule has 0 radical (unpaired) electrons. The lowest BCUT2D eigenvalue weighted by molar-refractivity contribution is -0.119. The van der Waals surface area contributed by atoms with E-state index in [9.17, 15) is 4.79 Å². The minimum atomic E-state index is -0.344. The maximum atomic E-state index is 11.4. The number of nitrogens with zero attached hydrogens (tertiary/aromatic N) is 4. The van der Waals surface area contributed by atoms with Gasteiger partial charge in [0.2, 0.25) is 11.9 Å². The van der Waals surface area contributed by atoms with Crippen molar-refractivity contribution in [2.45, 2.75) is 45.3 Å². The zero-order valence-corrected chi connectivity index (χ0v) is 16.1. The first-order chi connectivity index (χ1) is 13.5. The van der Waals surface area contributed by atoms with Crippen LogP contribution in [-0.2, 0) is 11.2 Å². The van der Waals surface area contributed by atoms with E-state index in [1.165, 1.54) is 6.92 Å². The number of nitrogens with two attached hydrogens (primary N) is 1. The molecule has 3 rings (SSSR count). The van der Waals surface area contributed by atoms with Crippen molar-refractivity contribution in [1.29, 1.82) is 5.26 Å². The van der Waals surface area contributed by atoms with Gasteiger partial charge in [-0.25, -0.2) is 4.98 Å². The Bertz CT molecular complexity index is 892. The number of hydrogen-bond acceptors (Lipinski definition) is 7. The number of carbonyl (C=O) groups is 1. The van der Waals surface area contributed by atoms with Crippen molar-refractivity contribution >= 4 is 23.4 Å². The van der Waals surface area contributed by atoms with Crippen LogP contribution in [0.5, 0.6) is 0 Å². The first-order valence-electron chi connectivity index (χ1n) is 9.44. The van der Waals surface area contributed by atoms with Gasteiger partial charge < -0.3 is 21.3 Å². The molecule has 1 fully saturated rings. The molecule has 1 aromatic carbocycles. The molecule has 1 saturated heterocycles. The Balaban J connectivity index is 1.87. The number of rotatable bonds is 6. The van der Waals surface area contributed by atoms with Gasteiger partial charge in [-0.05, 0) is 31.0 Å². The number of aryl methyl sites for hydroxylation is 1. The first-order valence-corrected chi connectivity index (χ1v) is 9.44. The highest BCUT2D eigenvalue weighted by molar-refractivity contribution is 5.73.